The van der Waals surface area contributed by atoms with E-state index in [0.717, 1.165) is 18.5 Å². The second kappa shape index (κ2) is 8.32. The number of aromatic nitrogens is 2. The Morgan fingerprint density at radius 3 is 2.60 bits per heavy atom. The number of halogens is 1. The summed E-state index contributed by atoms with van der Waals surface area (Å²) in [7, 11) is -3.78. The van der Waals surface area contributed by atoms with Crippen LogP contribution in [0.1, 0.15) is 56.6 Å². The average molecular weight is 453 g/mol. The molecule has 164 valence electrons. The molecule has 0 saturated carbocycles. The molecular weight excluding hydrogens is 424 g/mol. The van der Waals surface area contributed by atoms with Crippen LogP contribution in [0.4, 0.5) is 5.82 Å². The zero-order valence-electron chi connectivity index (χ0n) is 18.1. The maximum Gasteiger partial charge on any atom is 0.256 e. The van der Waals surface area contributed by atoms with Crippen LogP contribution in [0, 0.1) is 12.8 Å². The summed E-state index contributed by atoms with van der Waals surface area (Å²) in [6, 6.07) is 6.13. The Bertz CT molecular complexity index is 1060. The van der Waals surface area contributed by atoms with Crippen molar-refractivity contribution in [2.75, 3.05) is 18.4 Å². The van der Waals surface area contributed by atoms with Crippen molar-refractivity contribution < 1.29 is 13.2 Å². The standard InChI is InChI=1S/C21H29ClN4O3S/c1-14-7-6-10-25(13-14)30(28,29)18-12-16(8-9-17(18)22)20(27)23-19-11-15(2)24-26(19)21(3,4)5/h8-9,11-12,14H,6-7,10,13H2,1-5H3,(H,23,27). The van der Waals surface area contributed by atoms with E-state index in [1.165, 1.54) is 22.5 Å². The molecule has 1 amide bonds. The van der Waals surface area contributed by atoms with Gasteiger partial charge in [-0.15, -0.1) is 0 Å². The number of rotatable bonds is 4. The minimum absolute atomic E-state index is 0.0357. The van der Waals surface area contributed by atoms with Gasteiger partial charge in [0.05, 0.1) is 16.3 Å². The Morgan fingerprint density at radius 1 is 1.27 bits per heavy atom. The van der Waals surface area contributed by atoms with E-state index >= 15 is 0 Å². The number of nitrogens with one attached hydrogen (secondary N) is 1. The first-order chi connectivity index (χ1) is 13.9. The second-order valence-corrected chi connectivity index (χ2v) is 11.3. The third kappa shape index (κ3) is 4.71. The van der Waals surface area contributed by atoms with Crippen LogP contribution in [0.25, 0.3) is 0 Å². The molecule has 2 heterocycles. The molecule has 1 saturated heterocycles. The number of carbonyl (C=O) groups is 1. The molecule has 1 aliphatic rings. The summed E-state index contributed by atoms with van der Waals surface area (Å²) in [4.78, 5) is 12.9. The predicted molar refractivity (Wildman–Crippen MR) is 119 cm³/mol. The first-order valence-electron chi connectivity index (χ1n) is 10.1. The molecular formula is C21H29ClN4O3S. The van der Waals surface area contributed by atoms with Gasteiger partial charge in [0.2, 0.25) is 10.0 Å². The highest BCUT2D eigenvalue weighted by atomic mass is 35.5. The summed E-state index contributed by atoms with van der Waals surface area (Å²) in [5, 5.41) is 7.41. The van der Waals surface area contributed by atoms with E-state index in [2.05, 4.69) is 10.4 Å². The number of piperidine rings is 1. The van der Waals surface area contributed by atoms with Crippen LogP contribution in [0.3, 0.4) is 0 Å². The quantitative estimate of drug-likeness (QED) is 0.750. The summed E-state index contributed by atoms with van der Waals surface area (Å²) < 4.78 is 29.5. The minimum Gasteiger partial charge on any atom is -0.307 e. The molecule has 1 unspecified atom stereocenters. The van der Waals surface area contributed by atoms with Gasteiger partial charge < -0.3 is 5.32 Å². The SMILES string of the molecule is Cc1cc(NC(=O)c2ccc(Cl)c(S(=O)(=O)N3CCCC(C)C3)c2)n(C(C)(C)C)n1. The zero-order chi connectivity index (χ0) is 22.3. The van der Waals surface area contributed by atoms with E-state index < -0.39 is 15.9 Å². The van der Waals surface area contributed by atoms with Crippen molar-refractivity contribution in [3.05, 3.63) is 40.5 Å². The number of benzene rings is 1. The normalized spacial score (nSPS) is 18.4. The van der Waals surface area contributed by atoms with Crippen molar-refractivity contribution in [1.29, 1.82) is 0 Å². The lowest BCUT2D eigenvalue weighted by Gasteiger charge is -2.30. The number of sulfonamides is 1. The van der Waals surface area contributed by atoms with Crippen LogP contribution in [-0.2, 0) is 15.6 Å². The minimum atomic E-state index is -3.78. The van der Waals surface area contributed by atoms with Crippen LogP contribution >= 0.6 is 11.6 Å². The predicted octanol–water partition coefficient (Wildman–Crippen LogP) is 4.27. The van der Waals surface area contributed by atoms with Gasteiger partial charge in [0.15, 0.2) is 0 Å². The fraction of sp³-hybridized carbons (Fsp3) is 0.524. The van der Waals surface area contributed by atoms with Crippen molar-refractivity contribution >= 4 is 33.3 Å². The molecule has 1 atom stereocenters. The summed E-state index contributed by atoms with van der Waals surface area (Å²) >= 11 is 6.24. The molecule has 7 nitrogen and oxygen atoms in total. The molecule has 2 aromatic rings. The summed E-state index contributed by atoms with van der Waals surface area (Å²) in [6.45, 7) is 10.8. The highest BCUT2D eigenvalue weighted by Gasteiger charge is 2.31. The first-order valence-corrected chi connectivity index (χ1v) is 11.9. The zero-order valence-corrected chi connectivity index (χ0v) is 19.6. The lowest BCUT2D eigenvalue weighted by atomic mass is 10.0. The molecule has 0 spiro atoms. The van der Waals surface area contributed by atoms with Crippen LogP contribution in [0.15, 0.2) is 29.2 Å². The molecule has 0 aliphatic carbocycles. The van der Waals surface area contributed by atoms with Crippen molar-refractivity contribution in [2.24, 2.45) is 5.92 Å². The Morgan fingerprint density at radius 2 is 1.97 bits per heavy atom. The number of hydrogen-bond acceptors (Lipinski definition) is 4. The van der Waals surface area contributed by atoms with Gasteiger partial charge in [0, 0.05) is 24.7 Å². The number of aryl methyl sites for hydroxylation is 1. The van der Waals surface area contributed by atoms with Crippen molar-refractivity contribution in [2.45, 2.75) is 57.9 Å². The van der Waals surface area contributed by atoms with Gasteiger partial charge in [-0.05, 0) is 64.7 Å². The number of hydrogen-bond donors (Lipinski definition) is 1. The van der Waals surface area contributed by atoms with Gasteiger partial charge in [-0.25, -0.2) is 13.1 Å². The summed E-state index contributed by atoms with van der Waals surface area (Å²) in [5.74, 6) is 0.425. The van der Waals surface area contributed by atoms with Crippen molar-refractivity contribution in [1.82, 2.24) is 14.1 Å². The second-order valence-electron chi connectivity index (χ2n) is 8.96. The van der Waals surface area contributed by atoms with Gasteiger partial charge in [0.1, 0.15) is 10.7 Å². The topological polar surface area (TPSA) is 84.3 Å². The van der Waals surface area contributed by atoms with Gasteiger partial charge >= 0.3 is 0 Å². The highest BCUT2D eigenvalue weighted by molar-refractivity contribution is 7.89. The third-order valence-electron chi connectivity index (χ3n) is 5.14. The third-order valence-corrected chi connectivity index (χ3v) is 7.49. The molecule has 1 N–H and O–H groups in total. The maximum atomic E-state index is 13.2. The van der Waals surface area contributed by atoms with Crippen molar-refractivity contribution in [3.63, 3.8) is 0 Å². The first kappa shape index (κ1) is 22.8. The van der Waals surface area contributed by atoms with E-state index in [-0.39, 0.29) is 21.0 Å². The van der Waals surface area contributed by atoms with E-state index in [9.17, 15) is 13.2 Å². The molecule has 1 fully saturated rings. The molecule has 30 heavy (non-hydrogen) atoms. The van der Waals surface area contributed by atoms with E-state index in [1.54, 1.807) is 10.7 Å². The van der Waals surface area contributed by atoms with Crippen LogP contribution in [0.5, 0.6) is 0 Å². The van der Waals surface area contributed by atoms with Gasteiger partial charge in [-0.1, -0.05) is 18.5 Å². The fourth-order valence-electron chi connectivity index (χ4n) is 3.63. The van der Waals surface area contributed by atoms with E-state index in [0.29, 0.717) is 24.8 Å². The Kier molecular flexibility index (Phi) is 6.32. The summed E-state index contributed by atoms with van der Waals surface area (Å²) in [6.07, 6.45) is 1.82. The number of anilines is 1. The van der Waals surface area contributed by atoms with Crippen LogP contribution in [-0.4, -0.2) is 41.5 Å². The molecule has 1 aromatic heterocycles. The average Bonchev–Trinajstić information content (AvgIpc) is 3.02. The molecule has 1 aromatic carbocycles. The van der Waals surface area contributed by atoms with Crippen LogP contribution < -0.4 is 5.32 Å². The molecule has 9 heteroatoms. The number of carbonyl (C=O) groups excluding carboxylic acids is 1. The fourth-order valence-corrected chi connectivity index (χ4v) is 5.73. The highest BCUT2D eigenvalue weighted by Crippen LogP contribution is 2.29. The van der Waals surface area contributed by atoms with Crippen molar-refractivity contribution in [3.8, 4) is 0 Å². The van der Waals surface area contributed by atoms with Gasteiger partial charge in [-0.3, -0.25) is 4.79 Å². The molecule has 0 bridgehead atoms. The molecule has 0 radical (unpaired) electrons. The Hall–Kier alpha value is -1.90. The largest absolute Gasteiger partial charge is 0.307 e. The Labute approximate surface area is 183 Å². The van der Waals surface area contributed by atoms with Crippen LogP contribution in [0.2, 0.25) is 5.02 Å². The van der Waals surface area contributed by atoms with Gasteiger partial charge in [0.25, 0.3) is 5.91 Å². The van der Waals surface area contributed by atoms with Gasteiger partial charge in [-0.2, -0.15) is 9.40 Å². The number of nitrogens with zero attached hydrogens (tertiary/aromatic N) is 3. The van der Waals surface area contributed by atoms with E-state index in [1.807, 2.05) is 34.6 Å². The van der Waals surface area contributed by atoms with E-state index in [4.69, 9.17) is 11.6 Å². The monoisotopic (exact) mass is 452 g/mol. The lowest BCUT2D eigenvalue weighted by molar-refractivity contribution is 0.102. The number of amides is 1. The lowest BCUT2D eigenvalue weighted by Crippen LogP contribution is -2.39. The molecule has 1 aliphatic heterocycles. The smallest absolute Gasteiger partial charge is 0.256 e. The summed E-state index contributed by atoms with van der Waals surface area (Å²) in [5.41, 5.74) is 0.678. The molecule has 3 rings (SSSR count). The Balaban J connectivity index is 1.91. The maximum absolute atomic E-state index is 13.2.